The molecule has 1 N–H and O–H groups in total. The van der Waals surface area contributed by atoms with E-state index in [0.717, 1.165) is 38.4 Å². The van der Waals surface area contributed by atoms with Crippen molar-refractivity contribution in [2.24, 2.45) is 16.3 Å². The molecule has 1 saturated carbocycles. The molecule has 3 fully saturated rings. The molecule has 0 bridgehead atoms. The van der Waals surface area contributed by atoms with Gasteiger partial charge in [-0.2, -0.15) is 4.31 Å². The van der Waals surface area contributed by atoms with Gasteiger partial charge in [-0.1, -0.05) is 24.6 Å². The summed E-state index contributed by atoms with van der Waals surface area (Å²) >= 11 is 0. The lowest BCUT2D eigenvalue weighted by molar-refractivity contribution is 0.151. The summed E-state index contributed by atoms with van der Waals surface area (Å²) in [5, 5.41) is 3.56. The highest BCUT2D eigenvalue weighted by molar-refractivity contribution is 7.89. The van der Waals surface area contributed by atoms with Crippen molar-refractivity contribution in [3.63, 3.8) is 0 Å². The van der Waals surface area contributed by atoms with E-state index in [1.807, 2.05) is 13.1 Å². The number of sulfonamides is 1. The zero-order valence-electron chi connectivity index (χ0n) is 16.8. The van der Waals surface area contributed by atoms with Gasteiger partial charge in [0.1, 0.15) is 0 Å². The van der Waals surface area contributed by atoms with Gasteiger partial charge in [0.2, 0.25) is 10.0 Å². The van der Waals surface area contributed by atoms with Gasteiger partial charge in [-0.05, 0) is 55.6 Å². The zero-order valence-corrected chi connectivity index (χ0v) is 17.6. The molecule has 2 aliphatic heterocycles. The zero-order chi connectivity index (χ0) is 19.6. The summed E-state index contributed by atoms with van der Waals surface area (Å²) in [4.78, 5) is 7.30. The molecule has 3 aliphatic rings. The fourth-order valence-electron chi connectivity index (χ4n) is 4.86. The molecule has 0 atom stereocenters. The predicted molar refractivity (Wildman–Crippen MR) is 112 cm³/mol. The van der Waals surface area contributed by atoms with E-state index < -0.39 is 10.0 Å². The Morgan fingerprint density at radius 2 is 1.86 bits per heavy atom. The summed E-state index contributed by atoms with van der Waals surface area (Å²) in [6.07, 6.45) is 7.19. The van der Waals surface area contributed by atoms with Gasteiger partial charge in [0.15, 0.2) is 5.96 Å². The van der Waals surface area contributed by atoms with Crippen LogP contribution in [0, 0.1) is 11.3 Å². The number of hydrogen-bond donors (Lipinski definition) is 1. The Morgan fingerprint density at radius 3 is 2.43 bits per heavy atom. The van der Waals surface area contributed by atoms with E-state index in [2.05, 4.69) is 15.2 Å². The SMILES string of the molecule is CN=C(NCC1CCN(S(=O)(=O)c2ccccc2)CC1)N1CCC2(CCC2)C1. The maximum Gasteiger partial charge on any atom is 0.243 e. The molecule has 7 heteroatoms. The second-order valence-electron chi connectivity index (χ2n) is 8.61. The normalized spacial score (nSPS) is 23.8. The number of nitrogens with one attached hydrogen (secondary N) is 1. The van der Waals surface area contributed by atoms with Crippen LogP contribution in [0.3, 0.4) is 0 Å². The van der Waals surface area contributed by atoms with E-state index in [4.69, 9.17) is 0 Å². The molecule has 0 unspecified atom stereocenters. The molecule has 0 amide bonds. The highest BCUT2D eigenvalue weighted by Crippen LogP contribution is 2.47. The molecule has 0 radical (unpaired) electrons. The van der Waals surface area contributed by atoms with E-state index in [0.29, 0.717) is 29.3 Å². The van der Waals surface area contributed by atoms with Crippen LogP contribution in [0.2, 0.25) is 0 Å². The van der Waals surface area contributed by atoms with Crippen LogP contribution in [0.15, 0.2) is 40.2 Å². The Hall–Kier alpha value is -1.60. The topological polar surface area (TPSA) is 65.0 Å². The first-order valence-electron chi connectivity index (χ1n) is 10.5. The van der Waals surface area contributed by atoms with Crippen molar-refractivity contribution in [2.45, 2.75) is 43.4 Å². The number of piperidine rings is 1. The van der Waals surface area contributed by atoms with Crippen molar-refractivity contribution in [1.82, 2.24) is 14.5 Å². The molecule has 1 aliphatic carbocycles. The number of benzene rings is 1. The minimum Gasteiger partial charge on any atom is -0.356 e. The van der Waals surface area contributed by atoms with E-state index in [1.165, 1.54) is 25.7 Å². The van der Waals surface area contributed by atoms with Gasteiger partial charge < -0.3 is 10.2 Å². The third-order valence-electron chi connectivity index (χ3n) is 6.87. The molecule has 1 spiro atoms. The van der Waals surface area contributed by atoms with Crippen molar-refractivity contribution in [2.75, 3.05) is 39.8 Å². The molecule has 2 heterocycles. The van der Waals surface area contributed by atoms with Crippen LogP contribution in [0.5, 0.6) is 0 Å². The fraction of sp³-hybridized carbons (Fsp3) is 0.667. The number of likely N-dealkylation sites (tertiary alicyclic amines) is 1. The molecule has 28 heavy (non-hydrogen) atoms. The quantitative estimate of drug-likeness (QED) is 0.619. The Kier molecular flexibility index (Phi) is 5.65. The van der Waals surface area contributed by atoms with E-state index in [1.54, 1.807) is 28.6 Å². The molecule has 1 aromatic rings. The first kappa shape index (κ1) is 19.7. The molecular weight excluding hydrogens is 372 g/mol. The lowest BCUT2D eigenvalue weighted by atomic mass is 9.68. The first-order valence-corrected chi connectivity index (χ1v) is 12.0. The summed E-state index contributed by atoms with van der Waals surface area (Å²) < 4.78 is 27.2. The van der Waals surface area contributed by atoms with Crippen molar-refractivity contribution >= 4 is 16.0 Å². The highest BCUT2D eigenvalue weighted by Gasteiger charge is 2.43. The second-order valence-corrected chi connectivity index (χ2v) is 10.6. The van der Waals surface area contributed by atoms with Gasteiger partial charge in [0, 0.05) is 39.8 Å². The third-order valence-corrected chi connectivity index (χ3v) is 8.78. The average Bonchev–Trinajstić information content (AvgIpc) is 3.16. The van der Waals surface area contributed by atoms with Crippen molar-refractivity contribution in [1.29, 1.82) is 0 Å². The van der Waals surface area contributed by atoms with Crippen LogP contribution in [-0.2, 0) is 10.0 Å². The highest BCUT2D eigenvalue weighted by atomic mass is 32.2. The molecule has 154 valence electrons. The Bertz CT molecular complexity index is 797. The minimum atomic E-state index is -3.36. The van der Waals surface area contributed by atoms with Crippen LogP contribution >= 0.6 is 0 Å². The van der Waals surface area contributed by atoms with Crippen LogP contribution < -0.4 is 5.32 Å². The predicted octanol–water partition coefficient (Wildman–Crippen LogP) is 2.54. The first-order chi connectivity index (χ1) is 13.5. The summed E-state index contributed by atoms with van der Waals surface area (Å²) in [6, 6.07) is 8.76. The van der Waals surface area contributed by atoms with Crippen LogP contribution in [0.25, 0.3) is 0 Å². The second kappa shape index (κ2) is 8.03. The van der Waals surface area contributed by atoms with Gasteiger partial charge in [0.25, 0.3) is 0 Å². The molecule has 6 nitrogen and oxygen atoms in total. The summed E-state index contributed by atoms with van der Waals surface area (Å²) in [6.45, 7) is 4.30. The average molecular weight is 405 g/mol. The van der Waals surface area contributed by atoms with Gasteiger partial charge in [-0.3, -0.25) is 4.99 Å². The van der Waals surface area contributed by atoms with Crippen molar-refractivity contribution in [3.05, 3.63) is 30.3 Å². The van der Waals surface area contributed by atoms with Crippen molar-refractivity contribution in [3.8, 4) is 0 Å². The Labute approximate surface area is 169 Å². The largest absolute Gasteiger partial charge is 0.356 e. The van der Waals surface area contributed by atoms with E-state index >= 15 is 0 Å². The van der Waals surface area contributed by atoms with Crippen molar-refractivity contribution < 1.29 is 8.42 Å². The minimum absolute atomic E-state index is 0.394. The monoisotopic (exact) mass is 404 g/mol. The van der Waals surface area contributed by atoms with Crippen LogP contribution in [0.4, 0.5) is 0 Å². The van der Waals surface area contributed by atoms with E-state index in [9.17, 15) is 8.42 Å². The summed E-state index contributed by atoms with van der Waals surface area (Å²) in [5.74, 6) is 1.50. The number of guanidine groups is 1. The molecule has 2 saturated heterocycles. The maximum atomic E-state index is 12.8. The van der Waals surface area contributed by atoms with Gasteiger partial charge >= 0.3 is 0 Å². The van der Waals surface area contributed by atoms with E-state index in [-0.39, 0.29) is 0 Å². The summed E-state index contributed by atoms with van der Waals surface area (Å²) in [5.41, 5.74) is 0.564. The van der Waals surface area contributed by atoms with Gasteiger partial charge in [-0.15, -0.1) is 0 Å². The number of nitrogens with zero attached hydrogens (tertiary/aromatic N) is 3. The number of hydrogen-bond acceptors (Lipinski definition) is 3. The van der Waals surface area contributed by atoms with Crippen LogP contribution in [-0.4, -0.2) is 63.4 Å². The molecular formula is C21H32N4O2S. The number of aliphatic imine (C=N–C) groups is 1. The lowest BCUT2D eigenvalue weighted by Gasteiger charge is -2.38. The fourth-order valence-corrected chi connectivity index (χ4v) is 6.35. The Morgan fingerprint density at radius 1 is 1.14 bits per heavy atom. The smallest absolute Gasteiger partial charge is 0.243 e. The van der Waals surface area contributed by atoms with Crippen LogP contribution in [0.1, 0.15) is 38.5 Å². The number of rotatable bonds is 4. The molecule has 0 aromatic heterocycles. The molecule has 4 rings (SSSR count). The maximum absolute atomic E-state index is 12.8. The third kappa shape index (κ3) is 3.92. The molecule has 1 aromatic carbocycles. The standard InChI is InChI=1S/C21H32N4O2S/c1-22-20(24-15-12-21(17-24)10-5-11-21)23-16-18-8-13-25(14-9-18)28(26,27)19-6-3-2-4-7-19/h2-4,6-7,18H,5,8-17H2,1H3,(H,22,23). The lowest BCUT2D eigenvalue weighted by Crippen LogP contribution is -2.46. The summed E-state index contributed by atoms with van der Waals surface area (Å²) in [7, 11) is -1.50. The Balaban J connectivity index is 1.26. The van der Waals surface area contributed by atoms with Gasteiger partial charge in [-0.25, -0.2) is 8.42 Å². The van der Waals surface area contributed by atoms with Gasteiger partial charge in [0.05, 0.1) is 4.90 Å².